The summed E-state index contributed by atoms with van der Waals surface area (Å²) in [6.45, 7) is 5.27. The topological polar surface area (TPSA) is 53.9 Å². The van der Waals surface area contributed by atoms with Gasteiger partial charge in [0.2, 0.25) is 0 Å². The van der Waals surface area contributed by atoms with Crippen molar-refractivity contribution in [3.05, 3.63) is 54.1 Å². The highest BCUT2D eigenvalue weighted by molar-refractivity contribution is 7.99. The molecule has 0 bridgehead atoms. The number of hydrogen-bond donors (Lipinski definition) is 2. The Morgan fingerprint density at radius 1 is 1.07 bits per heavy atom. The van der Waals surface area contributed by atoms with Crippen LogP contribution in [0.5, 0.6) is 0 Å². The fourth-order valence-electron chi connectivity index (χ4n) is 3.32. The second-order valence-electron chi connectivity index (χ2n) is 6.97. The van der Waals surface area contributed by atoms with Crippen LogP contribution in [-0.4, -0.2) is 50.2 Å². The fraction of sp³-hybridized carbons (Fsp3) is 0.333. The van der Waals surface area contributed by atoms with Gasteiger partial charge < -0.3 is 15.1 Å². The molecule has 8 heteroatoms. The fourth-order valence-corrected chi connectivity index (χ4v) is 3.82. The summed E-state index contributed by atoms with van der Waals surface area (Å²) in [4.78, 5) is 27.6. The van der Waals surface area contributed by atoms with Gasteiger partial charge in [0, 0.05) is 21.8 Å². The highest BCUT2D eigenvalue weighted by Gasteiger charge is 2.22. The molecule has 0 radical (unpaired) electrons. The van der Waals surface area contributed by atoms with E-state index in [-0.39, 0.29) is 11.7 Å². The molecule has 0 aromatic heterocycles. The Morgan fingerprint density at radius 2 is 1.69 bits per heavy atom. The minimum atomic E-state index is -2.45. The van der Waals surface area contributed by atoms with Crippen molar-refractivity contribution in [3.63, 3.8) is 0 Å². The molecule has 1 saturated heterocycles. The molecule has 0 spiro atoms. The zero-order valence-electron chi connectivity index (χ0n) is 16.2. The molecule has 1 heterocycles. The van der Waals surface area contributed by atoms with E-state index >= 15 is 0 Å². The lowest BCUT2D eigenvalue weighted by molar-refractivity contribution is -0.892. The number of carbonyl (C=O) groups excluding carboxylic acids is 2. The van der Waals surface area contributed by atoms with Crippen molar-refractivity contribution < 1.29 is 23.3 Å². The van der Waals surface area contributed by atoms with E-state index in [0.717, 1.165) is 31.9 Å². The van der Waals surface area contributed by atoms with E-state index in [0.29, 0.717) is 34.5 Å². The zero-order chi connectivity index (χ0) is 20.8. The molecule has 1 fully saturated rings. The number of ketones is 1. The molecule has 0 atom stereocenters. The van der Waals surface area contributed by atoms with Crippen molar-refractivity contribution in [3.8, 4) is 0 Å². The molecule has 0 saturated carbocycles. The molecule has 0 unspecified atom stereocenters. The molecule has 2 aromatic rings. The number of piperazine rings is 1. The van der Waals surface area contributed by atoms with Gasteiger partial charge in [0.05, 0.1) is 26.2 Å². The number of carbonyl (C=O) groups is 2. The van der Waals surface area contributed by atoms with Crippen LogP contribution < -0.4 is 15.1 Å². The van der Waals surface area contributed by atoms with Gasteiger partial charge in [-0.15, -0.1) is 0 Å². The predicted octanol–water partition coefficient (Wildman–Crippen LogP) is 2.55. The largest absolute Gasteiger partial charge is 0.360 e. The molecule has 3 rings (SSSR count). The van der Waals surface area contributed by atoms with Crippen molar-refractivity contribution in [2.75, 3.05) is 42.9 Å². The molecule has 154 valence electrons. The second-order valence-corrected chi connectivity index (χ2v) is 8.03. The van der Waals surface area contributed by atoms with Crippen molar-refractivity contribution >= 4 is 34.8 Å². The Hall–Kier alpha value is -2.45. The molecular weight excluding hydrogens is 396 g/mol. The minimum Gasteiger partial charge on any atom is -0.360 e. The van der Waals surface area contributed by atoms with Gasteiger partial charge >= 0.3 is 0 Å². The van der Waals surface area contributed by atoms with Crippen LogP contribution in [0.4, 0.5) is 20.2 Å². The van der Waals surface area contributed by atoms with Crippen LogP contribution in [0.3, 0.4) is 0 Å². The van der Waals surface area contributed by atoms with Crippen molar-refractivity contribution in [2.24, 2.45) is 0 Å². The molecule has 1 amide bonds. The molecule has 2 aromatic carbocycles. The van der Waals surface area contributed by atoms with Crippen molar-refractivity contribution in [1.82, 2.24) is 0 Å². The number of rotatable bonds is 7. The third-order valence-corrected chi connectivity index (χ3v) is 5.61. The highest BCUT2D eigenvalue weighted by Crippen LogP contribution is 2.26. The van der Waals surface area contributed by atoms with Crippen LogP contribution in [0.2, 0.25) is 0 Å². The molecule has 5 nitrogen and oxygen atoms in total. The van der Waals surface area contributed by atoms with Crippen LogP contribution in [0.25, 0.3) is 0 Å². The Morgan fingerprint density at radius 3 is 2.24 bits per heavy atom. The average molecular weight is 421 g/mol. The van der Waals surface area contributed by atoms with E-state index < -0.39 is 5.76 Å². The smallest absolute Gasteiger partial charge is 0.288 e. The number of hydrogen-bond acceptors (Lipinski definition) is 4. The number of amides is 1. The summed E-state index contributed by atoms with van der Waals surface area (Å²) in [5.74, 6) is -2.49. The summed E-state index contributed by atoms with van der Waals surface area (Å²) in [7, 11) is 0. The van der Waals surface area contributed by atoms with Crippen LogP contribution in [0.1, 0.15) is 17.3 Å². The number of nitrogens with zero attached hydrogens (tertiary/aromatic N) is 1. The third-order valence-electron chi connectivity index (χ3n) is 4.88. The third kappa shape index (κ3) is 6.27. The van der Waals surface area contributed by atoms with Gasteiger partial charge in [0.25, 0.3) is 11.7 Å². The lowest BCUT2D eigenvalue weighted by Gasteiger charge is -2.33. The number of thioether (sulfide) groups is 1. The molecule has 0 aliphatic carbocycles. The summed E-state index contributed by atoms with van der Waals surface area (Å²) in [5, 5.41) is 2.83. The molecule has 1 aliphatic heterocycles. The molecular formula is C21H24F2N3O2S+. The number of Topliss-reactive ketones (excluding diaryl/α,β-unsaturated/α-hetero) is 1. The van der Waals surface area contributed by atoms with Crippen LogP contribution in [0, 0.1) is 0 Å². The van der Waals surface area contributed by atoms with Crippen molar-refractivity contribution in [1.29, 1.82) is 0 Å². The first kappa shape index (κ1) is 21.3. The number of anilines is 2. The standard InChI is InChI=1S/C21H23F2N3O2S/c1-15(27)16-2-6-18(7-3-16)26-12-10-25(11-13-26)14-20(28)24-17-4-8-19(9-5-17)29-21(22)23/h2-9,21H,10-14H2,1H3,(H,24,28)/p+1. The SMILES string of the molecule is CC(=O)c1ccc(N2CC[NH+](CC(=O)Nc3ccc(SC(F)F)cc3)CC2)cc1. The Balaban J connectivity index is 1.45. The van der Waals surface area contributed by atoms with Crippen molar-refractivity contribution in [2.45, 2.75) is 17.6 Å². The van der Waals surface area contributed by atoms with E-state index in [1.165, 1.54) is 4.90 Å². The maximum Gasteiger partial charge on any atom is 0.288 e. The monoisotopic (exact) mass is 420 g/mol. The van der Waals surface area contributed by atoms with E-state index in [1.807, 2.05) is 24.3 Å². The zero-order valence-corrected chi connectivity index (χ0v) is 17.0. The summed E-state index contributed by atoms with van der Waals surface area (Å²) in [5.41, 5.74) is 2.40. The van der Waals surface area contributed by atoms with Crippen LogP contribution >= 0.6 is 11.8 Å². The first-order valence-electron chi connectivity index (χ1n) is 9.45. The Labute approximate surface area is 173 Å². The molecule has 2 N–H and O–H groups in total. The van der Waals surface area contributed by atoms with Gasteiger partial charge in [0.15, 0.2) is 12.3 Å². The second kappa shape index (κ2) is 9.84. The normalized spacial score (nSPS) is 14.8. The summed E-state index contributed by atoms with van der Waals surface area (Å²) >= 11 is 0.483. The Bertz CT molecular complexity index is 836. The van der Waals surface area contributed by atoms with Gasteiger partial charge in [0.1, 0.15) is 0 Å². The number of nitrogens with one attached hydrogen (secondary N) is 2. The van der Waals surface area contributed by atoms with E-state index in [1.54, 1.807) is 31.2 Å². The quantitative estimate of drug-likeness (QED) is 0.534. The van der Waals surface area contributed by atoms with Gasteiger partial charge in [-0.2, -0.15) is 8.78 Å². The van der Waals surface area contributed by atoms with Gasteiger partial charge in [-0.25, -0.2) is 0 Å². The van der Waals surface area contributed by atoms with Gasteiger partial charge in [-0.1, -0.05) is 11.8 Å². The van der Waals surface area contributed by atoms with E-state index in [9.17, 15) is 18.4 Å². The average Bonchev–Trinajstić information content (AvgIpc) is 2.70. The number of quaternary nitrogens is 1. The Kier molecular flexibility index (Phi) is 7.22. The maximum atomic E-state index is 12.4. The van der Waals surface area contributed by atoms with Gasteiger partial charge in [-0.05, 0) is 55.5 Å². The summed E-state index contributed by atoms with van der Waals surface area (Å²) in [6, 6.07) is 14.0. The predicted molar refractivity (Wildman–Crippen MR) is 111 cm³/mol. The van der Waals surface area contributed by atoms with E-state index in [4.69, 9.17) is 0 Å². The van der Waals surface area contributed by atoms with Gasteiger partial charge in [-0.3, -0.25) is 9.59 Å². The first-order valence-corrected chi connectivity index (χ1v) is 10.3. The molecule has 29 heavy (non-hydrogen) atoms. The first-order chi connectivity index (χ1) is 13.9. The minimum absolute atomic E-state index is 0.0549. The number of halogens is 2. The van der Waals surface area contributed by atoms with Crippen LogP contribution in [-0.2, 0) is 4.79 Å². The summed E-state index contributed by atoms with van der Waals surface area (Å²) in [6.07, 6.45) is 0. The lowest BCUT2D eigenvalue weighted by Crippen LogP contribution is -3.15. The number of benzene rings is 2. The number of alkyl halides is 2. The highest BCUT2D eigenvalue weighted by atomic mass is 32.2. The molecule has 1 aliphatic rings. The summed E-state index contributed by atoms with van der Waals surface area (Å²) < 4.78 is 24.7. The van der Waals surface area contributed by atoms with Crippen LogP contribution in [0.15, 0.2) is 53.4 Å². The maximum absolute atomic E-state index is 12.4. The lowest BCUT2D eigenvalue weighted by atomic mass is 10.1. The van der Waals surface area contributed by atoms with E-state index in [2.05, 4.69) is 10.2 Å².